The molecule has 3 aromatic rings. The van der Waals surface area contributed by atoms with Crippen molar-refractivity contribution >= 4 is 34.1 Å². The molecule has 0 bridgehead atoms. The summed E-state index contributed by atoms with van der Waals surface area (Å²) in [5, 5.41) is 5.30. The van der Waals surface area contributed by atoms with Crippen molar-refractivity contribution in [3.05, 3.63) is 66.7 Å². The zero-order valence-electron chi connectivity index (χ0n) is 13.5. The van der Waals surface area contributed by atoms with Gasteiger partial charge in [-0.05, 0) is 54.1 Å². The molecule has 24 heavy (non-hydrogen) atoms. The van der Waals surface area contributed by atoms with Crippen molar-refractivity contribution in [1.82, 2.24) is 0 Å². The summed E-state index contributed by atoms with van der Waals surface area (Å²) in [6.45, 7) is 2.58. The topological polar surface area (TPSA) is 38.3 Å². The van der Waals surface area contributed by atoms with E-state index < -0.39 is 0 Å². The monoisotopic (exact) mass is 337 g/mol. The molecule has 3 nitrogen and oxygen atoms in total. The smallest absolute Gasteiger partial charge is 0.234 e. The molecule has 0 aliphatic rings. The van der Waals surface area contributed by atoms with Crippen LogP contribution in [0.15, 0.2) is 71.6 Å². The second kappa shape index (κ2) is 7.88. The van der Waals surface area contributed by atoms with E-state index >= 15 is 0 Å². The number of fused-ring (bicyclic) bond motifs is 1. The molecule has 0 atom stereocenters. The van der Waals surface area contributed by atoms with Crippen LogP contribution in [0.5, 0.6) is 5.75 Å². The molecule has 122 valence electrons. The predicted octanol–water partition coefficient (Wildman–Crippen LogP) is 4.97. The zero-order valence-corrected chi connectivity index (χ0v) is 14.3. The second-order valence-corrected chi connectivity index (χ2v) is 6.35. The van der Waals surface area contributed by atoms with Crippen molar-refractivity contribution in [3.8, 4) is 5.75 Å². The van der Waals surface area contributed by atoms with Crippen LogP contribution in [0.2, 0.25) is 0 Å². The maximum absolute atomic E-state index is 12.1. The van der Waals surface area contributed by atoms with Crippen molar-refractivity contribution in [2.75, 3.05) is 17.7 Å². The maximum atomic E-state index is 12.1. The summed E-state index contributed by atoms with van der Waals surface area (Å²) in [6.07, 6.45) is 0. The lowest BCUT2D eigenvalue weighted by atomic mass is 10.1. The first-order valence-electron chi connectivity index (χ1n) is 7.89. The number of carbonyl (C=O) groups is 1. The van der Waals surface area contributed by atoms with Crippen molar-refractivity contribution in [1.29, 1.82) is 0 Å². The summed E-state index contributed by atoms with van der Waals surface area (Å²) < 4.78 is 5.39. The van der Waals surface area contributed by atoms with Crippen LogP contribution in [-0.4, -0.2) is 18.3 Å². The molecule has 0 aliphatic carbocycles. The molecular formula is C20H19NO2S. The molecule has 3 aromatic carbocycles. The molecule has 0 saturated carbocycles. The number of amides is 1. The molecule has 3 rings (SSSR count). The van der Waals surface area contributed by atoms with Gasteiger partial charge in [0.25, 0.3) is 0 Å². The molecule has 0 heterocycles. The van der Waals surface area contributed by atoms with Gasteiger partial charge in [0.15, 0.2) is 0 Å². The first kappa shape index (κ1) is 16.4. The highest BCUT2D eigenvalue weighted by Crippen LogP contribution is 2.24. The van der Waals surface area contributed by atoms with Crippen LogP contribution in [0.3, 0.4) is 0 Å². The standard InChI is InChI=1S/C20H19NO2S/c1-2-23-18-10-8-17(9-11-18)21-20(22)14-24-19-12-7-15-5-3-4-6-16(15)13-19/h3-13H,2,14H2,1H3,(H,21,22). The highest BCUT2D eigenvalue weighted by Gasteiger charge is 2.05. The molecule has 0 aromatic heterocycles. The second-order valence-electron chi connectivity index (χ2n) is 5.30. The minimum Gasteiger partial charge on any atom is -0.494 e. The lowest BCUT2D eigenvalue weighted by Crippen LogP contribution is -2.13. The van der Waals surface area contributed by atoms with Crippen LogP contribution in [0.1, 0.15) is 6.92 Å². The summed E-state index contributed by atoms with van der Waals surface area (Å²) in [6, 6.07) is 21.9. The van der Waals surface area contributed by atoms with Crippen LogP contribution in [-0.2, 0) is 4.79 Å². The summed E-state index contributed by atoms with van der Waals surface area (Å²) in [5.74, 6) is 1.17. The number of rotatable bonds is 6. The van der Waals surface area contributed by atoms with Crippen LogP contribution >= 0.6 is 11.8 Å². The molecule has 0 aliphatic heterocycles. The van der Waals surface area contributed by atoms with E-state index in [2.05, 4.69) is 35.6 Å². The van der Waals surface area contributed by atoms with E-state index in [0.29, 0.717) is 12.4 Å². The number of thioether (sulfide) groups is 1. The first-order valence-corrected chi connectivity index (χ1v) is 8.87. The Balaban J connectivity index is 1.56. The Morgan fingerprint density at radius 1 is 1.00 bits per heavy atom. The lowest BCUT2D eigenvalue weighted by Gasteiger charge is -2.07. The van der Waals surface area contributed by atoms with Gasteiger partial charge >= 0.3 is 0 Å². The molecule has 1 amide bonds. The normalized spacial score (nSPS) is 10.5. The molecule has 0 saturated heterocycles. The van der Waals surface area contributed by atoms with E-state index in [4.69, 9.17) is 4.74 Å². The van der Waals surface area contributed by atoms with Gasteiger partial charge in [0.2, 0.25) is 5.91 Å². The van der Waals surface area contributed by atoms with Crippen LogP contribution in [0.25, 0.3) is 10.8 Å². The maximum Gasteiger partial charge on any atom is 0.234 e. The summed E-state index contributed by atoms with van der Waals surface area (Å²) in [4.78, 5) is 13.2. The Kier molecular flexibility index (Phi) is 5.39. The Morgan fingerprint density at radius 2 is 1.75 bits per heavy atom. The van der Waals surface area contributed by atoms with E-state index in [-0.39, 0.29) is 5.91 Å². The minimum absolute atomic E-state index is 0.0164. The van der Waals surface area contributed by atoms with Crippen molar-refractivity contribution < 1.29 is 9.53 Å². The Morgan fingerprint density at radius 3 is 2.50 bits per heavy atom. The molecule has 4 heteroatoms. The van der Waals surface area contributed by atoms with Crippen LogP contribution in [0.4, 0.5) is 5.69 Å². The fraction of sp³-hybridized carbons (Fsp3) is 0.150. The van der Waals surface area contributed by atoms with Gasteiger partial charge in [-0.15, -0.1) is 11.8 Å². The van der Waals surface area contributed by atoms with Gasteiger partial charge in [-0.1, -0.05) is 30.3 Å². The highest BCUT2D eigenvalue weighted by molar-refractivity contribution is 8.00. The number of benzene rings is 3. The number of nitrogens with one attached hydrogen (secondary N) is 1. The summed E-state index contributed by atoms with van der Waals surface area (Å²) in [5.41, 5.74) is 0.780. The molecule has 0 spiro atoms. The van der Waals surface area contributed by atoms with Gasteiger partial charge in [0.05, 0.1) is 12.4 Å². The zero-order chi connectivity index (χ0) is 16.8. The third-order valence-corrected chi connectivity index (χ3v) is 4.53. The number of anilines is 1. The largest absolute Gasteiger partial charge is 0.494 e. The minimum atomic E-state index is -0.0164. The van der Waals surface area contributed by atoms with E-state index in [1.807, 2.05) is 43.3 Å². The molecular weight excluding hydrogens is 318 g/mol. The van der Waals surface area contributed by atoms with Gasteiger partial charge in [0, 0.05) is 10.6 Å². The summed E-state index contributed by atoms with van der Waals surface area (Å²) in [7, 11) is 0. The number of ether oxygens (including phenoxy) is 1. The average Bonchev–Trinajstić information content (AvgIpc) is 2.62. The predicted molar refractivity (Wildman–Crippen MR) is 101 cm³/mol. The van der Waals surface area contributed by atoms with Crippen molar-refractivity contribution in [2.24, 2.45) is 0 Å². The van der Waals surface area contributed by atoms with E-state index in [1.165, 1.54) is 22.5 Å². The van der Waals surface area contributed by atoms with Gasteiger partial charge in [-0.25, -0.2) is 0 Å². The highest BCUT2D eigenvalue weighted by atomic mass is 32.2. The molecule has 1 N–H and O–H groups in total. The third kappa shape index (κ3) is 4.30. The average molecular weight is 337 g/mol. The van der Waals surface area contributed by atoms with Gasteiger partial charge < -0.3 is 10.1 Å². The Bertz CT molecular complexity index is 830. The van der Waals surface area contributed by atoms with Crippen molar-refractivity contribution in [2.45, 2.75) is 11.8 Å². The molecule has 0 fully saturated rings. The fourth-order valence-corrected chi connectivity index (χ4v) is 3.15. The van der Waals surface area contributed by atoms with Crippen molar-refractivity contribution in [3.63, 3.8) is 0 Å². The van der Waals surface area contributed by atoms with E-state index in [1.54, 1.807) is 0 Å². The van der Waals surface area contributed by atoms with Crippen LogP contribution < -0.4 is 10.1 Å². The molecule has 0 unspecified atom stereocenters. The van der Waals surface area contributed by atoms with Gasteiger partial charge in [-0.3, -0.25) is 4.79 Å². The van der Waals surface area contributed by atoms with Gasteiger partial charge in [0.1, 0.15) is 5.75 Å². The van der Waals surface area contributed by atoms with E-state index in [0.717, 1.165) is 16.3 Å². The number of carbonyl (C=O) groups excluding carboxylic acids is 1. The third-order valence-electron chi connectivity index (χ3n) is 3.54. The number of hydrogen-bond donors (Lipinski definition) is 1. The summed E-state index contributed by atoms with van der Waals surface area (Å²) >= 11 is 1.54. The Hall–Kier alpha value is -2.46. The molecule has 0 radical (unpaired) electrons. The number of hydrogen-bond acceptors (Lipinski definition) is 3. The lowest BCUT2D eigenvalue weighted by molar-refractivity contribution is -0.113. The first-order chi connectivity index (χ1) is 11.7. The quantitative estimate of drug-likeness (QED) is 0.645. The van der Waals surface area contributed by atoms with Gasteiger partial charge in [-0.2, -0.15) is 0 Å². The van der Waals surface area contributed by atoms with E-state index in [9.17, 15) is 4.79 Å². The van der Waals surface area contributed by atoms with Crippen LogP contribution in [0, 0.1) is 0 Å². The Labute approximate surface area is 146 Å². The fourth-order valence-electron chi connectivity index (χ4n) is 2.40. The SMILES string of the molecule is CCOc1ccc(NC(=O)CSc2ccc3ccccc3c2)cc1.